The number of hydrogen-bond acceptors (Lipinski definition) is 4. The highest BCUT2D eigenvalue weighted by Crippen LogP contribution is 2.24. The van der Waals surface area contributed by atoms with Gasteiger partial charge in [-0.05, 0) is 51.5 Å². The van der Waals surface area contributed by atoms with Crippen LogP contribution in [0.5, 0.6) is 0 Å². The fourth-order valence-corrected chi connectivity index (χ4v) is 3.02. The number of furan rings is 1. The summed E-state index contributed by atoms with van der Waals surface area (Å²) in [6, 6.07) is 8.99. The first-order valence-corrected chi connectivity index (χ1v) is 7.45. The van der Waals surface area contributed by atoms with Crippen LogP contribution < -0.4 is 5.32 Å². The third kappa shape index (κ3) is 3.69. The lowest BCUT2D eigenvalue weighted by Crippen LogP contribution is -2.31. The molecule has 2 atom stereocenters. The molecule has 0 radical (unpaired) electrons. The van der Waals surface area contributed by atoms with E-state index in [-0.39, 0.29) is 6.04 Å². The van der Waals surface area contributed by atoms with E-state index < -0.39 is 0 Å². The molecule has 0 saturated heterocycles. The normalized spacial score (nSPS) is 14.8. The van der Waals surface area contributed by atoms with E-state index in [4.69, 9.17) is 4.42 Å². The molecule has 2 unspecified atom stereocenters. The van der Waals surface area contributed by atoms with E-state index in [0.717, 1.165) is 18.1 Å². The molecule has 0 aliphatic rings. The number of rotatable bonds is 6. The lowest BCUT2D eigenvalue weighted by atomic mass is 10.2. The van der Waals surface area contributed by atoms with Crippen molar-refractivity contribution in [2.75, 3.05) is 20.6 Å². The fraction of sp³-hybridized carbons (Fsp3) is 0.467. The predicted octanol–water partition coefficient (Wildman–Crippen LogP) is 3.60. The van der Waals surface area contributed by atoms with E-state index in [9.17, 15) is 0 Å². The van der Waals surface area contributed by atoms with Crippen LogP contribution in [0.3, 0.4) is 0 Å². The Bertz CT molecular complexity index is 490. The number of nitrogens with one attached hydrogen (secondary N) is 1. The van der Waals surface area contributed by atoms with E-state index in [0.29, 0.717) is 6.04 Å². The molecule has 1 N–H and O–H groups in total. The summed E-state index contributed by atoms with van der Waals surface area (Å²) in [6.45, 7) is 5.03. The van der Waals surface area contributed by atoms with E-state index in [1.807, 2.05) is 19.1 Å². The van der Waals surface area contributed by atoms with Gasteiger partial charge in [-0.2, -0.15) is 0 Å². The van der Waals surface area contributed by atoms with Gasteiger partial charge in [-0.15, -0.1) is 11.3 Å². The summed E-state index contributed by atoms with van der Waals surface area (Å²) in [7, 11) is 4.24. The Morgan fingerprint density at radius 2 is 2.11 bits per heavy atom. The van der Waals surface area contributed by atoms with Crippen molar-refractivity contribution < 1.29 is 4.42 Å². The van der Waals surface area contributed by atoms with Crippen molar-refractivity contribution >= 4 is 11.3 Å². The second-order valence-corrected chi connectivity index (χ2v) is 6.05. The molecular formula is C15H22N2OS. The summed E-state index contributed by atoms with van der Waals surface area (Å²) in [5.41, 5.74) is 0. The summed E-state index contributed by atoms with van der Waals surface area (Å²) < 4.78 is 5.66. The first-order chi connectivity index (χ1) is 9.08. The number of thiophene rings is 1. The molecule has 0 bridgehead atoms. The average Bonchev–Trinajstić information content (AvgIpc) is 3.00. The second kappa shape index (κ2) is 6.37. The zero-order chi connectivity index (χ0) is 13.8. The molecule has 2 aromatic rings. The Kier molecular flexibility index (Phi) is 4.80. The van der Waals surface area contributed by atoms with Crippen LogP contribution in [-0.2, 0) is 0 Å². The summed E-state index contributed by atoms with van der Waals surface area (Å²) in [5, 5.41) is 5.68. The molecule has 0 aromatic carbocycles. The van der Waals surface area contributed by atoms with Gasteiger partial charge in [-0.3, -0.25) is 0 Å². The number of nitrogens with zero attached hydrogens (tertiary/aromatic N) is 1. The van der Waals surface area contributed by atoms with Crippen molar-refractivity contribution in [3.63, 3.8) is 0 Å². The standard InChI is InChI=1S/C15H22N2OS/c1-11-7-8-14(18-11)12(2)16-10-13(17(3)4)15-6-5-9-19-15/h5-9,12-13,16H,10H2,1-4H3. The summed E-state index contributed by atoms with van der Waals surface area (Å²) in [4.78, 5) is 3.64. The number of hydrogen-bond donors (Lipinski definition) is 1. The molecule has 0 aliphatic carbocycles. The molecule has 2 rings (SSSR count). The van der Waals surface area contributed by atoms with Crippen LogP contribution in [0, 0.1) is 6.92 Å². The largest absolute Gasteiger partial charge is 0.465 e. The van der Waals surface area contributed by atoms with Crippen LogP contribution in [-0.4, -0.2) is 25.5 Å². The molecule has 19 heavy (non-hydrogen) atoms. The van der Waals surface area contributed by atoms with Crippen molar-refractivity contribution in [3.8, 4) is 0 Å². The second-order valence-electron chi connectivity index (χ2n) is 5.07. The van der Waals surface area contributed by atoms with Crippen molar-refractivity contribution in [1.29, 1.82) is 0 Å². The Labute approximate surface area is 119 Å². The monoisotopic (exact) mass is 278 g/mol. The van der Waals surface area contributed by atoms with Gasteiger partial charge in [0, 0.05) is 11.4 Å². The van der Waals surface area contributed by atoms with E-state index in [2.05, 4.69) is 48.7 Å². The Hall–Kier alpha value is -1.10. The van der Waals surface area contributed by atoms with Crippen molar-refractivity contribution in [1.82, 2.24) is 10.2 Å². The van der Waals surface area contributed by atoms with Crippen LogP contribution in [0.2, 0.25) is 0 Å². The molecule has 2 aromatic heterocycles. The lowest BCUT2D eigenvalue weighted by Gasteiger charge is -2.25. The van der Waals surface area contributed by atoms with Gasteiger partial charge in [0.1, 0.15) is 11.5 Å². The average molecular weight is 278 g/mol. The summed E-state index contributed by atoms with van der Waals surface area (Å²) >= 11 is 1.81. The van der Waals surface area contributed by atoms with Gasteiger partial charge in [-0.25, -0.2) is 0 Å². The van der Waals surface area contributed by atoms with E-state index in [1.54, 1.807) is 11.3 Å². The highest BCUT2D eigenvalue weighted by molar-refractivity contribution is 7.10. The quantitative estimate of drug-likeness (QED) is 0.875. The highest BCUT2D eigenvalue weighted by atomic mass is 32.1. The Morgan fingerprint density at radius 3 is 2.63 bits per heavy atom. The van der Waals surface area contributed by atoms with Crippen molar-refractivity contribution in [3.05, 3.63) is 46.0 Å². The summed E-state index contributed by atoms with van der Waals surface area (Å²) in [5.74, 6) is 1.97. The number of likely N-dealkylation sites (N-methyl/N-ethyl adjacent to an activating group) is 1. The van der Waals surface area contributed by atoms with Gasteiger partial charge >= 0.3 is 0 Å². The predicted molar refractivity (Wildman–Crippen MR) is 80.6 cm³/mol. The molecule has 3 nitrogen and oxygen atoms in total. The first kappa shape index (κ1) is 14.3. The zero-order valence-electron chi connectivity index (χ0n) is 12.0. The third-order valence-electron chi connectivity index (χ3n) is 3.30. The van der Waals surface area contributed by atoms with Crippen LogP contribution in [0.15, 0.2) is 34.1 Å². The fourth-order valence-electron chi connectivity index (χ4n) is 2.09. The molecule has 104 valence electrons. The van der Waals surface area contributed by atoms with Gasteiger partial charge < -0.3 is 14.6 Å². The molecule has 0 aliphatic heterocycles. The molecule has 0 amide bonds. The van der Waals surface area contributed by atoms with Crippen LogP contribution >= 0.6 is 11.3 Å². The maximum atomic E-state index is 5.66. The maximum Gasteiger partial charge on any atom is 0.120 e. The Morgan fingerprint density at radius 1 is 1.32 bits per heavy atom. The van der Waals surface area contributed by atoms with Crippen LogP contribution in [0.1, 0.15) is 35.4 Å². The SMILES string of the molecule is Cc1ccc(C(C)NCC(c2cccs2)N(C)C)o1. The molecule has 2 heterocycles. The molecule has 0 saturated carbocycles. The van der Waals surface area contributed by atoms with E-state index >= 15 is 0 Å². The van der Waals surface area contributed by atoms with Gasteiger partial charge in [0.05, 0.1) is 12.1 Å². The molecule has 4 heteroatoms. The van der Waals surface area contributed by atoms with Gasteiger partial charge in [0.15, 0.2) is 0 Å². The first-order valence-electron chi connectivity index (χ1n) is 6.57. The minimum absolute atomic E-state index is 0.233. The van der Waals surface area contributed by atoms with E-state index in [1.165, 1.54) is 4.88 Å². The highest BCUT2D eigenvalue weighted by Gasteiger charge is 2.17. The topological polar surface area (TPSA) is 28.4 Å². The van der Waals surface area contributed by atoms with Gasteiger partial charge in [-0.1, -0.05) is 6.07 Å². The minimum Gasteiger partial charge on any atom is -0.465 e. The van der Waals surface area contributed by atoms with Gasteiger partial charge in [0.2, 0.25) is 0 Å². The lowest BCUT2D eigenvalue weighted by molar-refractivity contribution is 0.279. The zero-order valence-corrected chi connectivity index (χ0v) is 12.8. The smallest absolute Gasteiger partial charge is 0.120 e. The summed E-state index contributed by atoms with van der Waals surface area (Å²) in [6.07, 6.45) is 0. The Balaban J connectivity index is 1.96. The van der Waals surface area contributed by atoms with Crippen molar-refractivity contribution in [2.45, 2.75) is 25.9 Å². The maximum absolute atomic E-state index is 5.66. The minimum atomic E-state index is 0.233. The van der Waals surface area contributed by atoms with Crippen LogP contribution in [0.25, 0.3) is 0 Å². The molecule has 0 spiro atoms. The third-order valence-corrected chi connectivity index (χ3v) is 4.27. The van der Waals surface area contributed by atoms with Crippen molar-refractivity contribution in [2.24, 2.45) is 0 Å². The van der Waals surface area contributed by atoms with Gasteiger partial charge in [0.25, 0.3) is 0 Å². The molecule has 0 fully saturated rings. The van der Waals surface area contributed by atoms with Crippen LogP contribution in [0.4, 0.5) is 0 Å². The number of aryl methyl sites for hydroxylation is 1. The molecular weight excluding hydrogens is 256 g/mol.